The number of aryl methyl sites for hydroxylation is 1. The lowest BCUT2D eigenvalue weighted by molar-refractivity contribution is 0.509. The third kappa shape index (κ3) is 2.30. The van der Waals surface area contributed by atoms with E-state index in [0.29, 0.717) is 11.2 Å². The standard InChI is InChI=1S/C18H22N4S2/c1-9(2)23-18-21-20-16-14-12-7-4-10(3)8-13(12)24-17(14)19-15(22(16)18)11-5-6-11/h9-11H,4-8H2,1-3H3. The fourth-order valence-corrected chi connectivity index (χ4v) is 5.92. The van der Waals surface area contributed by atoms with E-state index in [9.17, 15) is 0 Å². The number of thioether (sulfide) groups is 1. The molecule has 6 heteroatoms. The molecule has 5 rings (SSSR count). The molecule has 126 valence electrons. The van der Waals surface area contributed by atoms with Crippen molar-refractivity contribution >= 4 is 39.0 Å². The van der Waals surface area contributed by atoms with Crippen molar-refractivity contribution in [3.63, 3.8) is 0 Å². The van der Waals surface area contributed by atoms with Crippen LogP contribution in [0.1, 0.15) is 62.2 Å². The maximum absolute atomic E-state index is 5.12. The molecule has 3 aromatic heterocycles. The minimum atomic E-state index is 0.498. The SMILES string of the molecule is CC1CCc2c(sc3nc(C4CC4)n4c(SC(C)C)nnc4c23)C1. The van der Waals surface area contributed by atoms with Crippen LogP contribution in [0.4, 0.5) is 0 Å². The maximum atomic E-state index is 5.12. The summed E-state index contributed by atoms with van der Waals surface area (Å²) in [5.74, 6) is 2.57. The molecule has 0 aromatic carbocycles. The van der Waals surface area contributed by atoms with Gasteiger partial charge in [0.2, 0.25) is 0 Å². The highest BCUT2D eigenvalue weighted by molar-refractivity contribution is 7.99. The van der Waals surface area contributed by atoms with Crippen LogP contribution >= 0.6 is 23.1 Å². The number of hydrogen-bond donors (Lipinski definition) is 0. The zero-order valence-electron chi connectivity index (χ0n) is 14.4. The van der Waals surface area contributed by atoms with Crippen molar-refractivity contribution in [2.24, 2.45) is 5.92 Å². The molecule has 1 saturated carbocycles. The van der Waals surface area contributed by atoms with Gasteiger partial charge in [0.15, 0.2) is 10.8 Å². The summed E-state index contributed by atoms with van der Waals surface area (Å²) < 4.78 is 2.27. The van der Waals surface area contributed by atoms with Crippen LogP contribution in [0, 0.1) is 5.92 Å². The van der Waals surface area contributed by atoms with E-state index in [-0.39, 0.29) is 0 Å². The summed E-state index contributed by atoms with van der Waals surface area (Å²) in [6.45, 7) is 6.78. The summed E-state index contributed by atoms with van der Waals surface area (Å²) in [7, 11) is 0. The van der Waals surface area contributed by atoms with Gasteiger partial charge in [0.1, 0.15) is 10.7 Å². The van der Waals surface area contributed by atoms with Gasteiger partial charge >= 0.3 is 0 Å². The highest BCUT2D eigenvalue weighted by atomic mass is 32.2. The van der Waals surface area contributed by atoms with Gasteiger partial charge in [0.25, 0.3) is 0 Å². The molecule has 2 aliphatic rings. The van der Waals surface area contributed by atoms with Crippen LogP contribution in [0.15, 0.2) is 5.16 Å². The Morgan fingerprint density at radius 2 is 2.04 bits per heavy atom. The number of hydrogen-bond acceptors (Lipinski definition) is 5. The molecule has 0 saturated heterocycles. The van der Waals surface area contributed by atoms with Gasteiger partial charge in [-0.05, 0) is 43.6 Å². The van der Waals surface area contributed by atoms with Crippen LogP contribution in [0.3, 0.4) is 0 Å². The number of fused-ring (bicyclic) bond motifs is 5. The second kappa shape index (κ2) is 5.43. The van der Waals surface area contributed by atoms with Gasteiger partial charge in [-0.1, -0.05) is 32.5 Å². The van der Waals surface area contributed by atoms with Crippen LogP contribution in [0.25, 0.3) is 15.9 Å². The Morgan fingerprint density at radius 3 is 2.79 bits per heavy atom. The minimum absolute atomic E-state index is 0.498. The minimum Gasteiger partial charge on any atom is -0.257 e. The number of thiophene rings is 1. The van der Waals surface area contributed by atoms with Gasteiger partial charge in [-0.3, -0.25) is 4.40 Å². The lowest BCUT2D eigenvalue weighted by Crippen LogP contribution is -2.09. The second-order valence-electron chi connectivity index (χ2n) is 7.58. The Kier molecular flexibility index (Phi) is 3.42. The average molecular weight is 359 g/mol. The Bertz CT molecular complexity index is 936. The van der Waals surface area contributed by atoms with Gasteiger partial charge in [-0.15, -0.1) is 21.5 Å². The highest BCUT2D eigenvalue weighted by Crippen LogP contribution is 2.44. The number of nitrogens with zero attached hydrogens (tertiary/aromatic N) is 4. The summed E-state index contributed by atoms with van der Waals surface area (Å²) in [6.07, 6.45) is 6.13. The first-order valence-corrected chi connectivity index (χ1v) is 10.7. The molecular formula is C18H22N4S2. The van der Waals surface area contributed by atoms with Crippen molar-refractivity contribution in [1.29, 1.82) is 0 Å². The quantitative estimate of drug-likeness (QED) is 0.628. The maximum Gasteiger partial charge on any atom is 0.197 e. The second-order valence-corrected chi connectivity index (χ2v) is 10.2. The van der Waals surface area contributed by atoms with E-state index in [1.807, 2.05) is 11.3 Å². The van der Waals surface area contributed by atoms with Crippen molar-refractivity contribution < 1.29 is 0 Å². The number of aromatic nitrogens is 4. The fourth-order valence-electron chi connectivity index (χ4n) is 3.74. The van der Waals surface area contributed by atoms with Gasteiger partial charge in [0, 0.05) is 16.0 Å². The summed E-state index contributed by atoms with van der Waals surface area (Å²) >= 11 is 3.70. The van der Waals surface area contributed by atoms with Crippen molar-refractivity contribution in [2.45, 2.75) is 69.2 Å². The van der Waals surface area contributed by atoms with Crippen molar-refractivity contribution in [3.8, 4) is 0 Å². The van der Waals surface area contributed by atoms with Crippen LogP contribution in [-0.2, 0) is 12.8 Å². The van der Waals surface area contributed by atoms with Crippen LogP contribution in [0.5, 0.6) is 0 Å². The third-order valence-electron chi connectivity index (χ3n) is 5.08. The monoisotopic (exact) mass is 358 g/mol. The molecule has 24 heavy (non-hydrogen) atoms. The topological polar surface area (TPSA) is 43.1 Å². The number of rotatable bonds is 3. The first kappa shape index (κ1) is 15.1. The summed E-state index contributed by atoms with van der Waals surface area (Å²) in [5, 5.41) is 12.0. The van der Waals surface area contributed by atoms with Gasteiger partial charge < -0.3 is 0 Å². The Morgan fingerprint density at radius 1 is 1.21 bits per heavy atom. The fraction of sp³-hybridized carbons (Fsp3) is 0.611. The lowest BCUT2D eigenvalue weighted by atomic mass is 9.89. The molecule has 4 nitrogen and oxygen atoms in total. The molecule has 0 amide bonds. The average Bonchev–Trinajstić information content (AvgIpc) is 3.20. The molecule has 1 atom stereocenters. The summed E-state index contributed by atoms with van der Waals surface area (Å²) in [5.41, 5.74) is 2.55. The Labute approximate surface area is 150 Å². The molecule has 0 aliphatic heterocycles. The highest BCUT2D eigenvalue weighted by Gasteiger charge is 2.32. The molecule has 2 aliphatic carbocycles. The molecule has 3 aromatic rings. The smallest absolute Gasteiger partial charge is 0.197 e. The molecule has 0 bridgehead atoms. The molecule has 0 N–H and O–H groups in total. The Hall–Kier alpha value is -1.14. The first-order valence-electron chi connectivity index (χ1n) is 8.97. The molecule has 3 heterocycles. The predicted molar refractivity (Wildman–Crippen MR) is 100 cm³/mol. The van der Waals surface area contributed by atoms with Gasteiger partial charge in [-0.2, -0.15) is 0 Å². The first-order chi connectivity index (χ1) is 11.6. The van der Waals surface area contributed by atoms with E-state index in [2.05, 4.69) is 35.4 Å². The molecular weight excluding hydrogens is 336 g/mol. The van der Waals surface area contributed by atoms with Crippen molar-refractivity contribution in [1.82, 2.24) is 19.6 Å². The molecule has 0 spiro atoms. The van der Waals surface area contributed by atoms with Crippen LogP contribution in [-0.4, -0.2) is 24.8 Å². The van der Waals surface area contributed by atoms with E-state index in [1.165, 1.54) is 52.2 Å². The zero-order valence-corrected chi connectivity index (χ0v) is 16.0. The van der Waals surface area contributed by atoms with E-state index >= 15 is 0 Å². The van der Waals surface area contributed by atoms with E-state index < -0.39 is 0 Å². The molecule has 1 fully saturated rings. The van der Waals surface area contributed by atoms with E-state index in [4.69, 9.17) is 4.98 Å². The van der Waals surface area contributed by atoms with E-state index in [0.717, 1.165) is 23.1 Å². The van der Waals surface area contributed by atoms with Crippen LogP contribution < -0.4 is 0 Å². The summed E-state index contributed by atoms with van der Waals surface area (Å²) in [4.78, 5) is 7.85. The zero-order chi connectivity index (χ0) is 16.4. The van der Waals surface area contributed by atoms with Crippen molar-refractivity contribution in [3.05, 3.63) is 16.3 Å². The van der Waals surface area contributed by atoms with Gasteiger partial charge in [0.05, 0.1) is 5.39 Å². The lowest BCUT2D eigenvalue weighted by Gasteiger charge is -2.17. The molecule has 1 unspecified atom stereocenters. The van der Waals surface area contributed by atoms with Gasteiger partial charge in [-0.25, -0.2) is 4.98 Å². The van der Waals surface area contributed by atoms with Crippen LogP contribution in [0.2, 0.25) is 0 Å². The molecule has 0 radical (unpaired) electrons. The largest absolute Gasteiger partial charge is 0.257 e. The van der Waals surface area contributed by atoms with E-state index in [1.54, 1.807) is 11.8 Å². The predicted octanol–water partition coefficient (Wildman–Crippen LogP) is 4.84. The third-order valence-corrected chi connectivity index (χ3v) is 7.17. The Balaban J connectivity index is 1.81. The van der Waals surface area contributed by atoms with Crippen molar-refractivity contribution in [2.75, 3.05) is 0 Å². The summed E-state index contributed by atoms with van der Waals surface area (Å²) in [6, 6.07) is 0. The normalized spacial score (nSPS) is 21.1.